The van der Waals surface area contributed by atoms with Gasteiger partial charge >= 0.3 is 0 Å². The first-order valence-electron chi connectivity index (χ1n) is 9.99. The molecule has 2 aliphatic heterocycles. The van der Waals surface area contributed by atoms with E-state index in [1.807, 2.05) is 43.0 Å². The molecule has 0 aliphatic carbocycles. The van der Waals surface area contributed by atoms with E-state index in [1.165, 1.54) is 0 Å². The number of piperazine rings is 1. The molecule has 9 nitrogen and oxygen atoms in total. The summed E-state index contributed by atoms with van der Waals surface area (Å²) < 4.78 is 0. The van der Waals surface area contributed by atoms with Gasteiger partial charge in [-0.05, 0) is 31.5 Å². The standard InChI is InChI=1S/C21H24N8O/c1-3-29-17-7-5-4-6-15(17)26-19(29)14(10-22)18-13(2)11-25-21(27-18)28-20(30)16-12-23-8-9-24-16/h4-7,11,16,23-24,26H,3,8-9,12H2,1-2H3,(H,25,27,28,30). The molecule has 0 saturated carbocycles. The number of fused-ring (bicyclic) bond motifs is 1. The zero-order chi connectivity index (χ0) is 21.1. The van der Waals surface area contributed by atoms with Crippen molar-refractivity contribution in [2.75, 3.05) is 41.7 Å². The Morgan fingerprint density at radius 3 is 2.93 bits per heavy atom. The van der Waals surface area contributed by atoms with Crippen LogP contribution in [0.4, 0.5) is 17.3 Å². The molecule has 4 N–H and O–H groups in total. The van der Waals surface area contributed by atoms with Crippen LogP contribution in [0, 0.1) is 18.3 Å². The quantitative estimate of drug-likeness (QED) is 0.565. The summed E-state index contributed by atoms with van der Waals surface area (Å²) in [4.78, 5) is 23.3. The van der Waals surface area contributed by atoms with Crippen molar-refractivity contribution < 1.29 is 4.79 Å². The van der Waals surface area contributed by atoms with Crippen molar-refractivity contribution in [2.24, 2.45) is 0 Å². The average molecular weight is 404 g/mol. The minimum absolute atomic E-state index is 0.180. The van der Waals surface area contributed by atoms with E-state index in [4.69, 9.17) is 0 Å². The fourth-order valence-electron chi connectivity index (χ4n) is 3.67. The average Bonchev–Trinajstić information content (AvgIpc) is 3.15. The van der Waals surface area contributed by atoms with Gasteiger partial charge in [-0.15, -0.1) is 0 Å². The summed E-state index contributed by atoms with van der Waals surface area (Å²) in [6.07, 6.45) is 1.63. The molecule has 1 atom stereocenters. The Balaban J connectivity index is 1.67. The van der Waals surface area contributed by atoms with Gasteiger partial charge in [0.05, 0.1) is 23.1 Å². The maximum Gasteiger partial charge on any atom is 0.245 e. The predicted octanol–water partition coefficient (Wildman–Crippen LogP) is 1.43. The van der Waals surface area contributed by atoms with Gasteiger partial charge in [-0.2, -0.15) is 5.26 Å². The number of hydrogen-bond donors (Lipinski definition) is 4. The van der Waals surface area contributed by atoms with Crippen molar-refractivity contribution in [3.63, 3.8) is 0 Å². The Kier molecular flexibility index (Phi) is 5.61. The van der Waals surface area contributed by atoms with Crippen LogP contribution in [0.3, 0.4) is 0 Å². The van der Waals surface area contributed by atoms with Crippen LogP contribution in [-0.4, -0.2) is 48.1 Å². The maximum absolute atomic E-state index is 12.5. The Hall–Kier alpha value is -3.48. The Morgan fingerprint density at radius 2 is 2.20 bits per heavy atom. The van der Waals surface area contributed by atoms with Crippen molar-refractivity contribution in [1.29, 1.82) is 5.26 Å². The van der Waals surface area contributed by atoms with Crippen molar-refractivity contribution in [2.45, 2.75) is 19.9 Å². The molecule has 1 unspecified atom stereocenters. The number of nitrogens with zero attached hydrogens (tertiary/aromatic N) is 4. The lowest BCUT2D eigenvalue weighted by atomic mass is 10.1. The second-order valence-corrected chi connectivity index (χ2v) is 7.15. The molecule has 9 heteroatoms. The summed E-state index contributed by atoms with van der Waals surface area (Å²) in [7, 11) is 0. The van der Waals surface area contributed by atoms with E-state index < -0.39 is 0 Å². The van der Waals surface area contributed by atoms with E-state index in [2.05, 4.69) is 37.3 Å². The molecule has 1 aromatic heterocycles. The summed E-state index contributed by atoms with van der Waals surface area (Å²) in [6, 6.07) is 9.86. The number of benzene rings is 1. The van der Waals surface area contributed by atoms with E-state index in [0.29, 0.717) is 30.2 Å². The lowest BCUT2D eigenvalue weighted by Crippen LogP contribution is -2.54. The third kappa shape index (κ3) is 3.70. The van der Waals surface area contributed by atoms with Gasteiger partial charge in [0.25, 0.3) is 0 Å². The van der Waals surface area contributed by atoms with Crippen LogP contribution in [-0.2, 0) is 4.79 Å². The molecule has 3 heterocycles. The van der Waals surface area contributed by atoms with Crippen LogP contribution in [0.25, 0.3) is 5.57 Å². The van der Waals surface area contributed by atoms with Crippen molar-refractivity contribution in [3.05, 3.63) is 47.5 Å². The number of aromatic nitrogens is 2. The van der Waals surface area contributed by atoms with Crippen LogP contribution < -0.4 is 26.2 Å². The minimum atomic E-state index is -0.345. The van der Waals surface area contributed by atoms with Gasteiger partial charge < -0.3 is 20.9 Å². The van der Waals surface area contributed by atoms with Gasteiger partial charge in [-0.3, -0.25) is 10.1 Å². The number of nitrogens with one attached hydrogen (secondary N) is 4. The predicted molar refractivity (Wildman–Crippen MR) is 116 cm³/mol. The van der Waals surface area contributed by atoms with Gasteiger partial charge in [-0.1, -0.05) is 12.1 Å². The first kappa shape index (κ1) is 19.8. The second-order valence-electron chi connectivity index (χ2n) is 7.15. The zero-order valence-corrected chi connectivity index (χ0v) is 17.0. The summed E-state index contributed by atoms with van der Waals surface area (Å²) in [5.74, 6) is 0.656. The number of carbonyl (C=O) groups excluding carboxylic acids is 1. The van der Waals surface area contributed by atoms with E-state index in [9.17, 15) is 10.1 Å². The van der Waals surface area contributed by atoms with Crippen LogP contribution >= 0.6 is 0 Å². The molecule has 30 heavy (non-hydrogen) atoms. The molecule has 0 spiro atoms. The first-order valence-corrected chi connectivity index (χ1v) is 9.99. The molecule has 2 aromatic rings. The summed E-state index contributed by atoms with van der Waals surface area (Å²) in [5, 5.41) is 22.4. The smallest absolute Gasteiger partial charge is 0.245 e. The van der Waals surface area contributed by atoms with Crippen LogP contribution in [0.1, 0.15) is 18.2 Å². The van der Waals surface area contributed by atoms with Gasteiger partial charge in [0.2, 0.25) is 11.9 Å². The lowest BCUT2D eigenvalue weighted by Gasteiger charge is -2.23. The Morgan fingerprint density at radius 1 is 1.37 bits per heavy atom. The van der Waals surface area contributed by atoms with Gasteiger partial charge in [0.1, 0.15) is 17.5 Å². The summed E-state index contributed by atoms with van der Waals surface area (Å²) in [5.41, 5.74) is 3.60. The fraction of sp³-hybridized carbons (Fsp3) is 0.333. The number of nitriles is 1. The van der Waals surface area contributed by atoms with Crippen LogP contribution in [0.15, 0.2) is 36.3 Å². The lowest BCUT2D eigenvalue weighted by molar-refractivity contribution is -0.118. The first-order chi connectivity index (χ1) is 14.6. The number of carbonyl (C=O) groups is 1. The zero-order valence-electron chi connectivity index (χ0n) is 17.0. The maximum atomic E-state index is 12.5. The molecule has 1 aromatic carbocycles. The van der Waals surface area contributed by atoms with Gasteiger partial charge in [-0.25, -0.2) is 9.97 Å². The van der Waals surface area contributed by atoms with Crippen LogP contribution in [0.2, 0.25) is 0 Å². The highest BCUT2D eigenvalue weighted by molar-refractivity contribution is 5.94. The summed E-state index contributed by atoms with van der Waals surface area (Å²) in [6.45, 7) is 6.68. The molecular formula is C21H24N8O. The molecule has 0 bridgehead atoms. The molecule has 154 valence electrons. The van der Waals surface area contributed by atoms with Gasteiger partial charge in [0.15, 0.2) is 0 Å². The second kappa shape index (κ2) is 8.49. The van der Waals surface area contributed by atoms with E-state index in [1.54, 1.807) is 6.20 Å². The molecule has 4 rings (SSSR count). The Labute approximate surface area is 175 Å². The van der Waals surface area contributed by atoms with Crippen molar-refractivity contribution >= 4 is 28.8 Å². The van der Waals surface area contributed by atoms with E-state index in [-0.39, 0.29) is 17.9 Å². The summed E-state index contributed by atoms with van der Waals surface area (Å²) >= 11 is 0. The molecule has 1 fully saturated rings. The highest BCUT2D eigenvalue weighted by Crippen LogP contribution is 2.38. The molecule has 2 aliphatic rings. The number of anilines is 3. The Bertz CT molecular complexity index is 1040. The number of amides is 1. The van der Waals surface area contributed by atoms with Crippen LogP contribution in [0.5, 0.6) is 0 Å². The highest BCUT2D eigenvalue weighted by atomic mass is 16.2. The number of allylic oxidation sites excluding steroid dienone is 1. The third-order valence-corrected chi connectivity index (χ3v) is 5.18. The SMILES string of the molecule is CCN1C(=C(C#N)c2nc(NC(=O)C3CNCCN3)ncc2C)Nc2ccccc21. The fourth-order valence-corrected chi connectivity index (χ4v) is 3.67. The topological polar surface area (TPSA) is 118 Å². The number of para-hydroxylation sites is 2. The largest absolute Gasteiger partial charge is 0.339 e. The minimum Gasteiger partial charge on any atom is -0.339 e. The highest BCUT2D eigenvalue weighted by Gasteiger charge is 2.28. The molecule has 0 radical (unpaired) electrons. The van der Waals surface area contributed by atoms with Crippen molar-refractivity contribution in [1.82, 2.24) is 20.6 Å². The number of hydrogen-bond acceptors (Lipinski definition) is 8. The number of rotatable bonds is 4. The van der Waals surface area contributed by atoms with Crippen molar-refractivity contribution in [3.8, 4) is 6.07 Å². The van der Waals surface area contributed by atoms with Gasteiger partial charge in [0, 0.05) is 32.4 Å². The third-order valence-electron chi connectivity index (χ3n) is 5.18. The molecule has 1 saturated heterocycles. The molecule has 1 amide bonds. The monoisotopic (exact) mass is 404 g/mol. The van der Waals surface area contributed by atoms with E-state index in [0.717, 1.165) is 30.0 Å². The molecular weight excluding hydrogens is 380 g/mol. The normalized spacial score (nSPS) is 19.5. The van der Waals surface area contributed by atoms with E-state index >= 15 is 0 Å². The number of aryl methyl sites for hydroxylation is 1.